The first-order valence-corrected chi connectivity index (χ1v) is 8.76. The van der Waals surface area contributed by atoms with E-state index >= 15 is 0 Å². The quantitative estimate of drug-likeness (QED) is 0.560. The first-order chi connectivity index (χ1) is 13.1. The van der Waals surface area contributed by atoms with E-state index in [1.807, 2.05) is 30.3 Å². The van der Waals surface area contributed by atoms with Gasteiger partial charge in [-0.05, 0) is 42.8 Å². The molecule has 1 aliphatic rings. The summed E-state index contributed by atoms with van der Waals surface area (Å²) in [7, 11) is 1.59. The van der Waals surface area contributed by atoms with Crippen molar-refractivity contribution in [3.63, 3.8) is 0 Å². The summed E-state index contributed by atoms with van der Waals surface area (Å²) < 4.78 is 29.7. The lowest BCUT2D eigenvalue weighted by Crippen LogP contribution is -2.11. The number of methoxy groups -OCH3 is 1. The predicted octanol–water partition coefficient (Wildman–Crippen LogP) is 4.83. The topological polar surface area (TPSA) is 44.8 Å². The van der Waals surface area contributed by atoms with Gasteiger partial charge in [-0.15, -0.1) is 0 Å². The van der Waals surface area contributed by atoms with Gasteiger partial charge >= 0.3 is 5.97 Å². The van der Waals surface area contributed by atoms with Crippen LogP contribution in [-0.2, 0) is 14.3 Å². The Morgan fingerprint density at radius 1 is 1.22 bits per heavy atom. The monoisotopic (exact) mass is 368 g/mol. The number of carbonyl (C=O) groups is 1. The third-order valence-electron chi connectivity index (χ3n) is 4.25. The van der Waals surface area contributed by atoms with Gasteiger partial charge in [0.25, 0.3) is 0 Å². The van der Waals surface area contributed by atoms with E-state index in [9.17, 15) is 9.18 Å². The zero-order valence-electron chi connectivity index (χ0n) is 15.3. The van der Waals surface area contributed by atoms with Crippen molar-refractivity contribution in [1.82, 2.24) is 0 Å². The molecule has 0 amide bonds. The molecule has 0 saturated heterocycles. The Labute approximate surface area is 157 Å². The van der Waals surface area contributed by atoms with Crippen LogP contribution in [-0.4, -0.2) is 19.7 Å². The van der Waals surface area contributed by atoms with Crippen molar-refractivity contribution >= 4 is 11.7 Å². The first kappa shape index (κ1) is 18.7. The summed E-state index contributed by atoms with van der Waals surface area (Å²) >= 11 is 0. The number of allylic oxidation sites excluding steroid dienone is 2. The molecule has 1 aliphatic heterocycles. The molecule has 0 unspecified atom stereocenters. The Morgan fingerprint density at radius 3 is 2.67 bits per heavy atom. The number of hydrogen-bond acceptors (Lipinski definition) is 4. The zero-order valence-corrected chi connectivity index (χ0v) is 15.3. The molecule has 27 heavy (non-hydrogen) atoms. The highest BCUT2D eigenvalue weighted by molar-refractivity contribution is 5.83. The molecular weight excluding hydrogens is 347 g/mol. The fraction of sp³-hybridized carbons (Fsp3) is 0.227. The number of ether oxygens (including phenoxy) is 3. The van der Waals surface area contributed by atoms with Crippen LogP contribution in [0.3, 0.4) is 0 Å². The predicted molar refractivity (Wildman–Crippen MR) is 101 cm³/mol. The van der Waals surface area contributed by atoms with Crippen molar-refractivity contribution in [2.24, 2.45) is 0 Å². The number of hydrogen-bond donors (Lipinski definition) is 0. The SMILES string of the molecule is CCOC(=O)/C=C1/C[C@H](c2ccc(F)cc2)C=C(c2ccccc2OC)O1. The molecule has 2 aromatic rings. The number of benzene rings is 2. The second kappa shape index (κ2) is 8.54. The summed E-state index contributed by atoms with van der Waals surface area (Å²) in [6.07, 6.45) is 3.80. The van der Waals surface area contributed by atoms with Crippen molar-refractivity contribution in [3.8, 4) is 5.75 Å². The molecule has 0 radical (unpaired) electrons. The number of carbonyl (C=O) groups excluding carboxylic acids is 1. The Bertz CT molecular complexity index is 868. The van der Waals surface area contributed by atoms with E-state index in [4.69, 9.17) is 14.2 Å². The van der Waals surface area contributed by atoms with Crippen LogP contribution in [0.2, 0.25) is 0 Å². The number of para-hydroxylation sites is 1. The lowest BCUT2D eigenvalue weighted by Gasteiger charge is -2.25. The van der Waals surface area contributed by atoms with Crippen LogP contribution >= 0.6 is 0 Å². The third-order valence-corrected chi connectivity index (χ3v) is 4.25. The van der Waals surface area contributed by atoms with E-state index in [0.29, 0.717) is 30.3 Å². The highest BCUT2D eigenvalue weighted by Gasteiger charge is 2.24. The molecule has 0 aliphatic carbocycles. The van der Waals surface area contributed by atoms with Gasteiger partial charge in [0.05, 0.1) is 25.4 Å². The van der Waals surface area contributed by atoms with Gasteiger partial charge < -0.3 is 14.2 Å². The van der Waals surface area contributed by atoms with Crippen molar-refractivity contribution in [1.29, 1.82) is 0 Å². The minimum atomic E-state index is -0.452. The Morgan fingerprint density at radius 2 is 1.96 bits per heavy atom. The summed E-state index contributed by atoms with van der Waals surface area (Å²) in [5, 5.41) is 0. The van der Waals surface area contributed by atoms with Crippen molar-refractivity contribution < 1.29 is 23.4 Å². The van der Waals surface area contributed by atoms with Crippen LogP contribution < -0.4 is 4.74 Å². The molecule has 140 valence electrons. The normalized spacial score (nSPS) is 17.8. The lowest BCUT2D eigenvalue weighted by molar-refractivity contribution is -0.137. The maximum absolute atomic E-state index is 13.3. The van der Waals surface area contributed by atoms with Gasteiger partial charge in [0, 0.05) is 12.3 Å². The standard InChI is InChI=1S/C22H21FO4/c1-3-26-22(24)14-18-12-16(15-8-10-17(23)11-9-15)13-21(27-18)19-6-4-5-7-20(19)25-2/h4-11,13-14,16H,3,12H2,1-2H3/b18-14-/t16-/m0/s1. The molecular formula is C22H21FO4. The summed E-state index contributed by atoms with van der Waals surface area (Å²) in [6, 6.07) is 13.8. The molecule has 2 aromatic carbocycles. The second-order valence-corrected chi connectivity index (χ2v) is 6.06. The average Bonchev–Trinajstić information content (AvgIpc) is 2.68. The summed E-state index contributed by atoms with van der Waals surface area (Å²) in [5.41, 5.74) is 1.71. The van der Waals surface area contributed by atoms with Crippen LogP contribution in [0.25, 0.3) is 5.76 Å². The zero-order chi connectivity index (χ0) is 19.2. The lowest BCUT2D eigenvalue weighted by atomic mass is 9.91. The molecule has 0 aromatic heterocycles. The Kier molecular flexibility index (Phi) is 5.91. The van der Waals surface area contributed by atoms with Crippen LogP contribution in [0.4, 0.5) is 4.39 Å². The van der Waals surface area contributed by atoms with E-state index in [1.54, 1.807) is 26.2 Å². The van der Waals surface area contributed by atoms with Gasteiger partial charge in [-0.25, -0.2) is 9.18 Å². The molecule has 1 atom stereocenters. The van der Waals surface area contributed by atoms with Crippen molar-refractivity contribution in [3.05, 3.63) is 83.4 Å². The minimum Gasteiger partial charge on any atom is -0.496 e. The van der Waals surface area contributed by atoms with Crippen molar-refractivity contribution in [2.45, 2.75) is 19.3 Å². The van der Waals surface area contributed by atoms with Crippen LogP contribution in [0.1, 0.15) is 30.4 Å². The maximum atomic E-state index is 13.3. The summed E-state index contributed by atoms with van der Waals surface area (Å²) in [6.45, 7) is 2.04. The van der Waals surface area contributed by atoms with Crippen LogP contribution in [0.5, 0.6) is 5.75 Å². The van der Waals surface area contributed by atoms with Crippen LogP contribution in [0, 0.1) is 5.82 Å². The number of halogens is 1. The third kappa shape index (κ3) is 4.56. The molecule has 1 heterocycles. The fourth-order valence-corrected chi connectivity index (χ4v) is 3.00. The molecule has 0 spiro atoms. The molecule has 0 N–H and O–H groups in total. The molecule has 4 nitrogen and oxygen atoms in total. The average molecular weight is 368 g/mol. The highest BCUT2D eigenvalue weighted by atomic mass is 19.1. The van der Waals surface area contributed by atoms with Gasteiger partial charge in [0.2, 0.25) is 0 Å². The fourth-order valence-electron chi connectivity index (χ4n) is 3.00. The number of esters is 1. The van der Waals surface area contributed by atoms with E-state index < -0.39 is 5.97 Å². The van der Waals surface area contributed by atoms with Crippen LogP contribution in [0.15, 0.2) is 66.4 Å². The molecule has 0 saturated carbocycles. The molecule has 0 fully saturated rings. The second-order valence-electron chi connectivity index (χ2n) is 6.06. The highest BCUT2D eigenvalue weighted by Crippen LogP contribution is 2.39. The number of rotatable bonds is 5. The Balaban J connectivity index is 2.01. The van der Waals surface area contributed by atoms with Gasteiger partial charge in [-0.2, -0.15) is 0 Å². The Hall–Kier alpha value is -3.08. The van der Waals surface area contributed by atoms with E-state index in [1.165, 1.54) is 18.2 Å². The first-order valence-electron chi connectivity index (χ1n) is 8.76. The van der Waals surface area contributed by atoms with E-state index in [-0.39, 0.29) is 11.7 Å². The minimum absolute atomic E-state index is 0.0695. The smallest absolute Gasteiger partial charge is 0.334 e. The van der Waals surface area contributed by atoms with E-state index in [0.717, 1.165) is 11.1 Å². The van der Waals surface area contributed by atoms with Gasteiger partial charge in [-0.1, -0.05) is 24.3 Å². The largest absolute Gasteiger partial charge is 0.496 e. The summed E-state index contributed by atoms with van der Waals surface area (Å²) in [5.74, 6) is 0.933. The van der Waals surface area contributed by atoms with Crippen molar-refractivity contribution in [2.75, 3.05) is 13.7 Å². The molecule has 0 bridgehead atoms. The molecule has 3 rings (SSSR count). The summed E-state index contributed by atoms with van der Waals surface area (Å²) in [4.78, 5) is 11.9. The molecule has 5 heteroatoms. The maximum Gasteiger partial charge on any atom is 0.334 e. The van der Waals surface area contributed by atoms with Gasteiger partial charge in [0.1, 0.15) is 23.1 Å². The van der Waals surface area contributed by atoms with Gasteiger partial charge in [0.15, 0.2) is 0 Å². The van der Waals surface area contributed by atoms with E-state index in [2.05, 4.69) is 0 Å². The van der Waals surface area contributed by atoms with Gasteiger partial charge in [-0.3, -0.25) is 0 Å².